The van der Waals surface area contributed by atoms with Gasteiger partial charge in [-0.25, -0.2) is 0 Å². The largest absolute Gasteiger partial charge is 0.342 e. The van der Waals surface area contributed by atoms with Crippen LogP contribution >= 0.6 is 0 Å². The van der Waals surface area contributed by atoms with Gasteiger partial charge in [-0.3, -0.25) is 4.79 Å². The molecule has 0 aromatic carbocycles. The second-order valence-corrected chi connectivity index (χ2v) is 2.30. The van der Waals surface area contributed by atoms with Crippen LogP contribution in [0.1, 0.15) is 0 Å². The van der Waals surface area contributed by atoms with Crippen LogP contribution in [-0.2, 0) is 14.3 Å². The Kier molecular flexibility index (Phi) is 2.22. The van der Waals surface area contributed by atoms with E-state index in [4.69, 9.17) is 9.47 Å². The van der Waals surface area contributed by atoms with Crippen LogP contribution in [0.2, 0.25) is 0 Å². The quantitative estimate of drug-likeness (QED) is 0.442. The number of hydrogen-bond acceptors (Lipinski definition) is 3. The van der Waals surface area contributed by atoms with Crippen LogP contribution < -0.4 is 0 Å². The van der Waals surface area contributed by atoms with Crippen molar-refractivity contribution in [1.82, 2.24) is 0 Å². The summed E-state index contributed by atoms with van der Waals surface area (Å²) >= 11 is 0. The fourth-order valence-electron chi connectivity index (χ4n) is 0.861. The highest BCUT2D eigenvalue weighted by Gasteiger charge is 2.35. The first-order valence-electron chi connectivity index (χ1n) is 3.28. The SMILES string of the molecule is C=CC1(C=C)COC(C=O)O1. The second kappa shape index (κ2) is 2.98. The van der Waals surface area contributed by atoms with E-state index in [2.05, 4.69) is 13.2 Å². The van der Waals surface area contributed by atoms with Crippen LogP contribution in [0.15, 0.2) is 25.3 Å². The summed E-state index contributed by atoms with van der Waals surface area (Å²) in [5.41, 5.74) is -0.675. The molecule has 1 rings (SSSR count). The van der Waals surface area contributed by atoms with E-state index in [1.807, 2.05) is 0 Å². The molecular weight excluding hydrogens is 144 g/mol. The van der Waals surface area contributed by atoms with E-state index in [9.17, 15) is 4.79 Å². The molecule has 1 saturated heterocycles. The van der Waals surface area contributed by atoms with E-state index in [0.717, 1.165) is 0 Å². The summed E-state index contributed by atoms with van der Waals surface area (Å²) in [5, 5.41) is 0. The molecule has 1 heterocycles. The zero-order chi connectivity index (χ0) is 8.32. The third-order valence-electron chi connectivity index (χ3n) is 1.61. The van der Waals surface area contributed by atoms with Crippen LogP contribution in [0.4, 0.5) is 0 Å². The molecule has 1 atom stereocenters. The Morgan fingerprint density at radius 3 is 2.36 bits per heavy atom. The van der Waals surface area contributed by atoms with Crippen molar-refractivity contribution in [3.63, 3.8) is 0 Å². The molecule has 0 amide bonds. The van der Waals surface area contributed by atoms with Crippen LogP contribution in [0, 0.1) is 0 Å². The highest BCUT2D eigenvalue weighted by Crippen LogP contribution is 2.24. The maximum Gasteiger partial charge on any atom is 0.216 e. The van der Waals surface area contributed by atoms with Gasteiger partial charge in [-0.1, -0.05) is 25.3 Å². The van der Waals surface area contributed by atoms with Crippen LogP contribution in [0.5, 0.6) is 0 Å². The fraction of sp³-hybridized carbons (Fsp3) is 0.375. The number of ether oxygens (including phenoxy) is 2. The molecule has 0 aliphatic carbocycles. The van der Waals surface area contributed by atoms with Gasteiger partial charge in [-0.15, -0.1) is 0 Å². The summed E-state index contributed by atoms with van der Waals surface area (Å²) in [7, 11) is 0. The van der Waals surface area contributed by atoms with Crippen molar-refractivity contribution in [2.75, 3.05) is 6.61 Å². The molecule has 3 heteroatoms. The number of carbonyl (C=O) groups excluding carboxylic acids is 1. The lowest BCUT2D eigenvalue weighted by molar-refractivity contribution is -0.134. The normalized spacial score (nSPS) is 27.8. The molecule has 0 saturated carbocycles. The van der Waals surface area contributed by atoms with Gasteiger partial charge in [0.2, 0.25) is 6.29 Å². The van der Waals surface area contributed by atoms with Gasteiger partial charge in [0.25, 0.3) is 0 Å². The number of hydrogen-bond donors (Lipinski definition) is 0. The van der Waals surface area contributed by atoms with Gasteiger partial charge in [0.1, 0.15) is 5.60 Å². The van der Waals surface area contributed by atoms with E-state index in [0.29, 0.717) is 12.9 Å². The van der Waals surface area contributed by atoms with Crippen LogP contribution in [0.3, 0.4) is 0 Å². The molecule has 1 aliphatic heterocycles. The van der Waals surface area contributed by atoms with Crippen molar-refractivity contribution in [2.45, 2.75) is 11.9 Å². The first kappa shape index (κ1) is 8.17. The van der Waals surface area contributed by atoms with Gasteiger partial charge in [-0.05, 0) is 0 Å². The predicted molar refractivity (Wildman–Crippen MR) is 40.0 cm³/mol. The van der Waals surface area contributed by atoms with E-state index in [1.165, 1.54) is 0 Å². The van der Waals surface area contributed by atoms with Gasteiger partial charge >= 0.3 is 0 Å². The maximum absolute atomic E-state index is 10.2. The fourth-order valence-corrected chi connectivity index (χ4v) is 0.861. The Morgan fingerprint density at radius 2 is 2.09 bits per heavy atom. The van der Waals surface area contributed by atoms with Gasteiger partial charge in [0.15, 0.2) is 6.29 Å². The summed E-state index contributed by atoms with van der Waals surface area (Å²) in [6.45, 7) is 7.43. The maximum atomic E-state index is 10.2. The third-order valence-corrected chi connectivity index (χ3v) is 1.61. The van der Waals surface area contributed by atoms with Crippen molar-refractivity contribution in [3.05, 3.63) is 25.3 Å². The summed E-state index contributed by atoms with van der Waals surface area (Å²) in [6.07, 6.45) is 2.98. The number of carbonyl (C=O) groups is 1. The summed E-state index contributed by atoms with van der Waals surface area (Å²) in [5.74, 6) is 0. The first-order valence-corrected chi connectivity index (χ1v) is 3.28. The van der Waals surface area contributed by atoms with Crippen molar-refractivity contribution < 1.29 is 14.3 Å². The van der Waals surface area contributed by atoms with E-state index in [1.54, 1.807) is 12.2 Å². The molecule has 0 radical (unpaired) electrons. The van der Waals surface area contributed by atoms with E-state index < -0.39 is 11.9 Å². The molecule has 0 bridgehead atoms. The Bertz CT molecular complexity index is 178. The van der Waals surface area contributed by atoms with Crippen molar-refractivity contribution in [1.29, 1.82) is 0 Å². The monoisotopic (exact) mass is 154 g/mol. The molecule has 3 nitrogen and oxygen atoms in total. The molecule has 11 heavy (non-hydrogen) atoms. The Morgan fingerprint density at radius 1 is 1.45 bits per heavy atom. The van der Waals surface area contributed by atoms with E-state index >= 15 is 0 Å². The Hall–Kier alpha value is -0.930. The average Bonchev–Trinajstić information content (AvgIpc) is 2.49. The van der Waals surface area contributed by atoms with E-state index in [-0.39, 0.29) is 0 Å². The Balaban J connectivity index is 2.68. The first-order chi connectivity index (χ1) is 5.26. The minimum absolute atomic E-state index is 0.309. The Labute approximate surface area is 65.3 Å². The highest BCUT2D eigenvalue weighted by molar-refractivity contribution is 5.54. The summed E-state index contributed by atoms with van der Waals surface area (Å²) < 4.78 is 10.1. The van der Waals surface area contributed by atoms with Crippen LogP contribution in [-0.4, -0.2) is 24.8 Å². The second-order valence-electron chi connectivity index (χ2n) is 2.30. The summed E-state index contributed by atoms with van der Waals surface area (Å²) in [4.78, 5) is 10.2. The lowest BCUT2D eigenvalue weighted by atomic mass is 10.1. The zero-order valence-electron chi connectivity index (χ0n) is 6.16. The summed E-state index contributed by atoms with van der Waals surface area (Å²) in [6, 6.07) is 0. The molecule has 0 aromatic rings. The van der Waals surface area contributed by atoms with Gasteiger partial charge < -0.3 is 9.47 Å². The van der Waals surface area contributed by atoms with Gasteiger partial charge in [0.05, 0.1) is 6.61 Å². The standard InChI is InChI=1S/C8H10O3/c1-3-8(4-2)6-10-7(5-9)11-8/h3-5,7H,1-2,6H2. The molecule has 0 N–H and O–H groups in total. The molecule has 0 spiro atoms. The number of aldehydes is 1. The average molecular weight is 154 g/mol. The van der Waals surface area contributed by atoms with Crippen LogP contribution in [0.25, 0.3) is 0 Å². The molecule has 1 fully saturated rings. The molecule has 60 valence electrons. The minimum Gasteiger partial charge on any atom is -0.342 e. The minimum atomic E-state index is -0.772. The van der Waals surface area contributed by atoms with Crippen molar-refractivity contribution >= 4 is 6.29 Å². The third kappa shape index (κ3) is 1.39. The highest BCUT2D eigenvalue weighted by atomic mass is 16.7. The smallest absolute Gasteiger partial charge is 0.216 e. The van der Waals surface area contributed by atoms with Gasteiger partial charge in [0, 0.05) is 0 Å². The molecule has 1 aliphatic rings. The molecular formula is C8H10O3. The van der Waals surface area contributed by atoms with Crippen molar-refractivity contribution in [2.24, 2.45) is 0 Å². The lowest BCUT2D eigenvalue weighted by Crippen LogP contribution is -2.26. The topological polar surface area (TPSA) is 35.5 Å². The molecule has 1 unspecified atom stereocenters. The number of rotatable bonds is 3. The predicted octanol–water partition coefficient (Wildman–Crippen LogP) is 0.669. The zero-order valence-corrected chi connectivity index (χ0v) is 6.16. The molecule has 0 aromatic heterocycles. The lowest BCUT2D eigenvalue weighted by Gasteiger charge is -2.16. The van der Waals surface area contributed by atoms with Gasteiger partial charge in [-0.2, -0.15) is 0 Å². The van der Waals surface area contributed by atoms with Crippen molar-refractivity contribution in [3.8, 4) is 0 Å².